The number of hydrogen-bond acceptors (Lipinski definition) is 2. The van der Waals surface area contributed by atoms with Crippen molar-refractivity contribution < 1.29 is 9.53 Å². The van der Waals surface area contributed by atoms with E-state index in [0.29, 0.717) is 12.5 Å². The van der Waals surface area contributed by atoms with Crippen molar-refractivity contribution in [1.29, 1.82) is 0 Å². The minimum Gasteiger partial charge on any atom is -0.465 e. The SMILES string of the molecule is CCCOC(=O)[C]1[CH][CH][CH][CH]1. The lowest BCUT2D eigenvalue weighted by Gasteiger charge is -2.06. The molecular weight excluding hydrogens is 140 g/mol. The van der Waals surface area contributed by atoms with E-state index < -0.39 is 0 Å². The van der Waals surface area contributed by atoms with Crippen LogP contribution in [0.3, 0.4) is 0 Å². The van der Waals surface area contributed by atoms with Crippen molar-refractivity contribution >= 4 is 5.97 Å². The Morgan fingerprint density at radius 1 is 1.45 bits per heavy atom. The highest BCUT2D eigenvalue weighted by atomic mass is 16.5. The van der Waals surface area contributed by atoms with Crippen LogP contribution < -0.4 is 0 Å². The van der Waals surface area contributed by atoms with Crippen molar-refractivity contribution in [3.8, 4) is 0 Å². The van der Waals surface area contributed by atoms with E-state index in [4.69, 9.17) is 4.74 Å². The molecule has 1 fully saturated rings. The summed E-state index contributed by atoms with van der Waals surface area (Å²) < 4.78 is 4.90. The highest BCUT2D eigenvalue weighted by Gasteiger charge is 2.25. The quantitative estimate of drug-likeness (QED) is 0.569. The van der Waals surface area contributed by atoms with Gasteiger partial charge in [-0.25, -0.2) is 0 Å². The van der Waals surface area contributed by atoms with Gasteiger partial charge >= 0.3 is 5.97 Å². The second kappa shape index (κ2) is 4.37. The first-order valence-electron chi connectivity index (χ1n) is 3.73. The molecule has 59 valence electrons. The first-order valence-corrected chi connectivity index (χ1v) is 3.73. The fourth-order valence-corrected chi connectivity index (χ4v) is 0.788. The van der Waals surface area contributed by atoms with Crippen LogP contribution in [0.4, 0.5) is 0 Å². The van der Waals surface area contributed by atoms with Gasteiger partial charge in [-0.2, -0.15) is 0 Å². The van der Waals surface area contributed by atoms with Crippen molar-refractivity contribution in [3.05, 3.63) is 31.6 Å². The summed E-state index contributed by atoms with van der Waals surface area (Å²) in [5, 5.41) is 0. The fraction of sp³-hybridized carbons (Fsp3) is 0.333. The Kier molecular flexibility index (Phi) is 3.40. The number of hydrogen-bond donors (Lipinski definition) is 0. The Morgan fingerprint density at radius 3 is 2.64 bits per heavy atom. The normalized spacial score (nSPS) is 18.6. The largest absolute Gasteiger partial charge is 0.465 e. The molecule has 1 saturated carbocycles. The van der Waals surface area contributed by atoms with Gasteiger partial charge < -0.3 is 4.74 Å². The predicted molar refractivity (Wildman–Crippen MR) is 41.7 cm³/mol. The first-order chi connectivity index (χ1) is 5.34. The van der Waals surface area contributed by atoms with Crippen LogP contribution in [0.25, 0.3) is 0 Å². The molecule has 0 unspecified atom stereocenters. The molecule has 1 aliphatic rings. The van der Waals surface area contributed by atoms with E-state index in [-0.39, 0.29) is 5.97 Å². The van der Waals surface area contributed by atoms with E-state index in [1.807, 2.05) is 19.8 Å². The van der Waals surface area contributed by atoms with Crippen molar-refractivity contribution in [2.75, 3.05) is 6.61 Å². The minimum absolute atomic E-state index is 0.225. The Hall–Kier alpha value is -0.530. The molecule has 2 nitrogen and oxygen atoms in total. The maximum absolute atomic E-state index is 11.0. The van der Waals surface area contributed by atoms with Crippen molar-refractivity contribution in [2.45, 2.75) is 13.3 Å². The average Bonchev–Trinajstić information content (AvgIpc) is 2.52. The van der Waals surface area contributed by atoms with Crippen LogP contribution in [0.1, 0.15) is 13.3 Å². The van der Waals surface area contributed by atoms with Crippen LogP contribution >= 0.6 is 0 Å². The number of carbonyl (C=O) groups excluding carboxylic acids is 1. The Labute approximate surface area is 67.9 Å². The zero-order valence-corrected chi connectivity index (χ0v) is 6.54. The summed E-state index contributed by atoms with van der Waals surface area (Å²) in [7, 11) is 0. The second-order valence-electron chi connectivity index (χ2n) is 2.31. The topological polar surface area (TPSA) is 26.3 Å². The lowest BCUT2D eigenvalue weighted by atomic mass is 10.1. The lowest BCUT2D eigenvalue weighted by Crippen LogP contribution is -2.13. The maximum Gasteiger partial charge on any atom is 0.313 e. The molecule has 0 heterocycles. The Bertz CT molecular complexity index is 126. The zero-order valence-electron chi connectivity index (χ0n) is 6.54. The summed E-state index contributed by atoms with van der Waals surface area (Å²) in [4.78, 5) is 11.0. The minimum atomic E-state index is -0.225. The van der Waals surface area contributed by atoms with Crippen LogP contribution in [0.5, 0.6) is 0 Å². The predicted octanol–water partition coefficient (Wildman–Crippen LogP) is 1.34. The van der Waals surface area contributed by atoms with Crippen molar-refractivity contribution in [2.24, 2.45) is 0 Å². The Balaban J connectivity index is 2.17. The number of carbonyl (C=O) groups is 1. The molecular formula is C9H11O2. The summed E-state index contributed by atoms with van der Waals surface area (Å²) in [6.45, 7) is 2.47. The van der Waals surface area contributed by atoms with Crippen molar-refractivity contribution in [1.82, 2.24) is 0 Å². The first kappa shape index (κ1) is 8.57. The van der Waals surface area contributed by atoms with E-state index >= 15 is 0 Å². The van der Waals surface area contributed by atoms with Crippen molar-refractivity contribution in [3.63, 3.8) is 0 Å². The molecule has 0 atom stereocenters. The highest BCUT2D eigenvalue weighted by Crippen LogP contribution is 2.23. The molecule has 5 radical (unpaired) electrons. The molecule has 0 amide bonds. The van der Waals surface area contributed by atoms with Gasteiger partial charge in [0.15, 0.2) is 0 Å². The number of ether oxygens (including phenoxy) is 1. The van der Waals surface area contributed by atoms with Gasteiger partial charge in [-0.1, -0.05) is 6.92 Å². The molecule has 0 aromatic heterocycles. The van der Waals surface area contributed by atoms with E-state index in [0.717, 1.165) is 6.42 Å². The van der Waals surface area contributed by atoms with Gasteiger partial charge in [0, 0.05) is 0 Å². The molecule has 1 aliphatic carbocycles. The monoisotopic (exact) mass is 151 g/mol. The van der Waals surface area contributed by atoms with E-state index in [2.05, 4.69) is 0 Å². The molecule has 2 heteroatoms. The van der Waals surface area contributed by atoms with Crippen LogP contribution in [0, 0.1) is 31.6 Å². The highest BCUT2D eigenvalue weighted by molar-refractivity contribution is 5.91. The van der Waals surface area contributed by atoms with E-state index in [1.54, 1.807) is 12.8 Å². The molecule has 0 bridgehead atoms. The molecule has 11 heavy (non-hydrogen) atoms. The zero-order chi connectivity index (χ0) is 8.10. The van der Waals surface area contributed by atoms with Gasteiger partial charge in [0.1, 0.15) is 0 Å². The van der Waals surface area contributed by atoms with Gasteiger partial charge in [-0.3, -0.25) is 4.79 Å². The summed E-state index contributed by atoms with van der Waals surface area (Å²) in [5.74, 6) is 0.412. The van der Waals surface area contributed by atoms with Gasteiger partial charge in [-0.15, -0.1) is 0 Å². The van der Waals surface area contributed by atoms with Crippen LogP contribution in [0.2, 0.25) is 0 Å². The molecule has 0 saturated heterocycles. The summed E-state index contributed by atoms with van der Waals surface area (Å²) in [6, 6.07) is 0. The lowest BCUT2D eigenvalue weighted by molar-refractivity contribution is -0.140. The second-order valence-corrected chi connectivity index (χ2v) is 2.31. The molecule has 0 spiro atoms. The maximum atomic E-state index is 11.0. The van der Waals surface area contributed by atoms with Gasteiger partial charge in [0.05, 0.1) is 12.5 Å². The number of esters is 1. The average molecular weight is 151 g/mol. The summed E-state index contributed by atoms with van der Waals surface area (Å²) in [6.07, 6.45) is 8.01. The smallest absolute Gasteiger partial charge is 0.313 e. The van der Waals surface area contributed by atoms with Gasteiger partial charge in [0.25, 0.3) is 0 Å². The van der Waals surface area contributed by atoms with E-state index in [9.17, 15) is 4.79 Å². The standard InChI is InChI=1S/C9H11O2/c1-2-7-11-9(10)8-5-3-4-6-8/h3-6H,2,7H2,1H3. The Morgan fingerprint density at radius 2 is 2.09 bits per heavy atom. The summed E-state index contributed by atoms with van der Waals surface area (Å²) in [5.41, 5.74) is 0. The molecule has 0 aliphatic heterocycles. The molecule has 0 N–H and O–H groups in total. The summed E-state index contributed by atoms with van der Waals surface area (Å²) >= 11 is 0. The fourth-order valence-electron chi connectivity index (χ4n) is 0.788. The van der Waals surface area contributed by atoms with Crippen LogP contribution in [-0.4, -0.2) is 12.6 Å². The molecule has 0 aromatic rings. The third kappa shape index (κ3) is 2.52. The van der Waals surface area contributed by atoms with Gasteiger partial charge in [-0.05, 0) is 32.1 Å². The van der Waals surface area contributed by atoms with Crippen LogP contribution in [0.15, 0.2) is 0 Å². The third-order valence-electron chi connectivity index (χ3n) is 1.34. The number of rotatable bonds is 3. The molecule has 0 aromatic carbocycles. The molecule has 1 rings (SSSR count). The van der Waals surface area contributed by atoms with E-state index in [1.165, 1.54) is 0 Å². The van der Waals surface area contributed by atoms with Crippen LogP contribution in [-0.2, 0) is 9.53 Å². The van der Waals surface area contributed by atoms with Gasteiger partial charge in [0.2, 0.25) is 0 Å². The third-order valence-corrected chi connectivity index (χ3v) is 1.34.